The lowest BCUT2D eigenvalue weighted by atomic mass is 10.1. The van der Waals surface area contributed by atoms with Crippen molar-refractivity contribution < 1.29 is 19.0 Å². The number of aliphatic hydroxyl groups is 1. The van der Waals surface area contributed by atoms with E-state index in [2.05, 4.69) is 32.6 Å². The van der Waals surface area contributed by atoms with Gasteiger partial charge in [-0.15, -0.1) is 0 Å². The lowest BCUT2D eigenvalue weighted by Gasteiger charge is -2.27. The van der Waals surface area contributed by atoms with Gasteiger partial charge in [-0.3, -0.25) is 4.90 Å². The van der Waals surface area contributed by atoms with E-state index in [1.807, 2.05) is 37.3 Å². The smallest absolute Gasteiger partial charge is 0.227 e. The van der Waals surface area contributed by atoms with Crippen LogP contribution in [0.25, 0.3) is 5.69 Å². The lowest BCUT2D eigenvalue weighted by Crippen LogP contribution is -2.37. The van der Waals surface area contributed by atoms with Crippen LogP contribution in [0.2, 0.25) is 0 Å². The van der Waals surface area contributed by atoms with Crippen molar-refractivity contribution in [3.8, 4) is 17.3 Å². The Kier molecular flexibility index (Phi) is 9.83. The minimum absolute atomic E-state index is 0.300. The van der Waals surface area contributed by atoms with Gasteiger partial charge in [0.25, 0.3) is 0 Å². The van der Waals surface area contributed by atoms with Crippen molar-refractivity contribution in [3.05, 3.63) is 71.7 Å². The monoisotopic (exact) mass is 483 g/mol. The normalized spacial score (nSPS) is 12.6. The number of hydrogen-bond acceptors (Lipinski definition) is 5. The second-order valence-corrected chi connectivity index (χ2v) is 9.85. The molecule has 0 radical (unpaired) electrons. The molecule has 0 fully saturated rings. The van der Waals surface area contributed by atoms with Crippen molar-refractivity contribution in [2.75, 3.05) is 26.3 Å². The fourth-order valence-electron chi connectivity index (χ4n) is 3.92. The Morgan fingerprint density at radius 3 is 2.26 bits per heavy atom. The number of nitrogens with zero attached hydrogens (tertiary/aromatic N) is 3. The first-order valence-electron chi connectivity index (χ1n) is 12.3. The Labute approximate surface area is 208 Å². The number of aryl methyl sites for hydroxylation is 1. The van der Waals surface area contributed by atoms with Gasteiger partial charge in [0.15, 0.2) is 0 Å². The summed E-state index contributed by atoms with van der Waals surface area (Å²) < 4.78 is 27.2. The van der Waals surface area contributed by atoms with Crippen LogP contribution in [0.3, 0.4) is 0 Å². The highest BCUT2D eigenvalue weighted by atomic mass is 19.1. The fraction of sp³-hybridized carbons (Fsp3) is 0.464. The Morgan fingerprint density at radius 1 is 0.943 bits per heavy atom. The summed E-state index contributed by atoms with van der Waals surface area (Å²) in [6, 6.07) is 15.8. The summed E-state index contributed by atoms with van der Waals surface area (Å²) in [5.74, 6) is 1.63. The highest BCUT2D eigenvalue weighted by molar-refractivity contribution is 5.43. The van der Waals surface area contributed by atoms with Crippen molar-refractivity contribution in [3.63, 3.8) is 0 Å². The largest absolute Gasteiger partial charge is 0.439 e. The quantitative estimate of drug-likeness (QED) is 0.343. The maximum absolute atomic E-state index is 13.5. The van der Waals surface area contributed by atoms with Crippen LogP contribution < -0.4 is 4.74 Å². The molecule has 0 aliphatic heterocycles. The van der Waals surface area contributed by atoms with E-state index in [4.69, 9.17) is 14.6 Å². The summed E-state index contributed by atoms with van der Waals surface area (Å²) in [5, 5.41) is 15.4. The van der Waals surface area contributed by atoms with Gasteiger partial charge in [-0.2, -0.15) is 5.10 Å². The van der Waals surface area contributed by atoms with Crippen molar-refractivity contribution in [2.45, 2.75) is 47.3 Å². The number of rotatable bonds is 13. The van der Waals surface area contributed by atoms with Crippen LogP contribution in [0, 0.1) is 24.6 Å². The number of aromatic nitrogens is 2. The molecule has 1 N–H and O–H groups in total. The van der Waals surface area contributed by atoms with Gasteiger partial charge in [0.2, 0.25) is 5.88 Å². The summed E-state index contributed by atoms with van der Waals surface area (Å²) in [6.07, 6.45) is -0.599. The molecular weight excluding hydrogens is 445 g/mol. The predicted molar refractivity (Wildman–Crippen MR) is 137 cm³/mol. The van der Waals surface area contributed by atoms with Crippen LogP contribution >= 0.6 is 0 Å². The molecule has 2 aromatic carbocycles. The highest BCUT2D eigenvalue weighted by Gasteiger charge is 2.23. The third kappa shape index (κ3) is 8.16. The molecule has 1 aromatic heterocycles. The molecule has 190 valence electrons. The van der Waals surface area contributed by atoms with Crippen LogP contribution in [-0.2, 0) is 11.3 Å². The van der Waals surface area contributed by atoms with E-state index in [1.165, 1.54) is 12.1 Å². The number of para-hydroxylation sites is 1. The molecule has 0 aliphatic rings. The molecule has 1 heterocycles. The molecule has 3 rings (SSSR count). The third-order valence-corrected chi connectivity index (χ3v) is 5.40. The van der Waals surface area contributed by atoms with Gasteiger partial charge in [0, 0.05) is 26.2 Å². The minimum Gasteiger partial charge on any atom is -0.439 e. The number of hydrogen-bond donors (Lipinski definition) is 1. The number of benzene rings is 2. The number of ether oxygens (including phenoxy) is 2. The topological polar surface area (TPSA) is 59.8 Å². The molecule has 35 heavy (non-hydrogen) atoms. The van der Waals surface area contributed by atoms with Gasteiger partial charge < -0.3 is 14.6 Å². The summed E-state index contributed by atoms with van der Waals surface area (Å²) in [7, 11) is 0. The van der Waals surface area contributed by atoms with Crippen molar-refractivity contribution in [1.29, 1.82) is 0 Å². The summed E-state index contributed by atoms with van der Waals surface area (Å²) in [4.78, 5) is 2.21. The first-order valence-corrected chi connectivity index (χ1v) is 12.3. The summed E-state index contributed by atoms with van der Waals surface area (Å²) in [6.45, 7) is 13.2. The second kappa shape index (κ2) is 12.8. The maximum atomic E-state index is 13.5. The van der Waals surface area contributed by atoms with Crippen LogP contribution in [0.1, 0.15) is 39.0 Å². The maximum Gasteiger partial charge on any atom is 0.227 e. The zero-order valence-corrected chi connectivity index (χ0v) is 21.4. The average molecular weight is 484 g/mol. The first-order chi connectivity index (χ1) is 16.7. The Balaban J connectivity index is 1.89. The molecule has 0 saturated heterocycles. The van der Waals surface area contributed by atoms with Crippen LogP contribution in [0.4, 0.5) is 4.39 Å². The molecule has 0 bridgehead atoms. The van der Waals surface area contributed by atoms with Gasteiger partial charge in [0.1, 0.15) is 11.6 Å². The first kappa shape index (κ1) is 26.9. The molecule has 7 heteroatoms. The third-order valence-electron chi connectivity index (χ3n) is 5.40. The molecular formula is C28H38FN3O3. The second-order valence-electron chi connectivity index (χ2n) is 9.85. The van der Waals surface area contributed by atoms with E-state index < -0.39 is 6.10 Å². The summed E-state index contributed by atoms with van der Waals surface area (Å²) in [5.41, 5.74) is 2.64. The van der Waals surface area contributed by atoms with Crippen molar-refractivity contribution in [2.24, 2.45) is 11.8 Å². The van der Waals surface area contributed by atoms with E-state index in [1.54, 1.807) is 16.8 Å². The van der Waals surface area contributed by atoms with Crippen LogP contribution in [0.15, 0.2) is 54.6 Å². The van der Waals surface area contributed by atoms with Crippen LogP contribution in [0.5, 0.6) is 11.6 Å². The molecule has 0 unspecified atom stereocenters. The van der Waals surface area contributed by atoms with E-state index >= 15 is 0 Å². The average Bonchev–Trinajstić information content (AvgIpc) is 3.10. The Morgan fingerprint density at radius 2 is 1.63 bits per heavy atom. The zero-order chi connectivity index (χ0) is 25.4. The lowest BCUT2D eigenvalue weighted by molar-refractivity contribution is 0.00511. The van der Waals surface area contributed by atoms with E-state index in [0.717, 1.165) is 23.5 Å². The van der Waals surface area contributed by atoms with Crippen LogP contribution in [-0.4, -0.2) is 52.2 Å². The van der Waals surface area contributed by atoms with Crippen molar-refractivity contribution in [1.82, 2.24) is 14.7 Å². The van der Waals surface area contributed by atoms with Gasteiger partial charge >= 0.3 is 0 Å². The molecule has 0 amide bonds. The van der Waals surface area contributed by atoms with Crippen molar-refractivity contribution >= 4 is 0 Å². The molecule has 0 saturated carbocycles. The standard InChI is InChI=1S/C28H38FN3O3/c1-20(2)15-31(16-25(33)19-34-18-21(3)4)17-27-22(5)30-32(24-9-7-6-8-10-24)28(27)35-26-13-11-23(29)12-14-26/h6-14,20-21,25,33H,15-19H2,1-5H3/t25-/m0/s1. The fourth-order valence-corrected chi connectivity index (χ4v) is 3.92. The van der Waals surface area contributed by atoms with E-state index in [9.17, 15) is 9.50 Å². The highest BCUT2D eigenvalue weighted by Crippen LogP contribution is 2.32. The van der Waals surface area contributed by atoms with Gasteiger partial charge in [-0.25, -0.2) is 9.07 Å². The molecule has 0 aliphatic carbocycles. The Hall–Kier alpha value is -2.74. The minimum atomic E-state index is -0.599. The molecule has 3 aromatic rings. The predicted octanol–water partition coefficient (Wildman–Crippen LogP) is 5.60. The Bertz CT molecular complexity index is 1040. The summed E-state index contributed by atoms with van der Waals surface area (Å²) >= 11 is 0. The van der Waals surface area contributed by atoms with Gasteiger partial charge in [-0.05, 0) is 55.2 Å². The zero-order valence-electron chi connectivity index (χ0n) is 21.4. The van der Waals surface area contributed by atoms with E-state index in [-0.39, 0.29) is 5.82 Å². The molecule has 6 nitrogen and oxygen atoms in total. The SMILES string of the molecule is Cc1nn(-c2ccccc2)c(Oc2ccc(F)cc2)c1CN(CC(C)C)C[C@H](O)COCC(C)C. The number of halogens is 1. The number of aliphatic hydroxyl groups excluding tert-OH is 1. The van der Waals surface area contributed by atoms with Gasteiger partial charge in [0.05, 0.1) is 29.7 Å². The molecule has 0 spiro atoms. The van der Waals surface area contributed by atoms with E-state index in [0.29, 0.717) is 49.8 Å². The molecule has 1 atom stereocenters. The van der Waals surface area contributed by atoms with Gasteiger partial charge in [-0.1, -0.05) is 45.9 Å².